The summed E-state index contributed by atoms with van der Waals surface area (Å²) in [5, 5.41) is 0.769. The highest BCUT2D eigenvalue weighted by Gasteiger charge is 2.19. The second-order valence-corrected chi connectivity index (χ2v) is 5.50. The van der Waals surface area contributed by atoms with Crippen molar-refractivity contribution < 1.29 is 4.79 Å². The number of aromatic nitrogens is 3. The number of rotatable bonds is 3. The van der Waals surface area contributed by atoms with Crippen LogP contribution in [0.4, 0.5) is 0 Å². The van der Waals surface area contributed by atoms with Crippen LogP contribution in [0.15, 0.2) is 41.6 Å². The van der Waals surface area contributed by atoms with Crippen molar-refractivity contribution in [1.29, 1.82) is 0 Å². The van der Waals surface area contributed by atoms with Crippen molar-refractivity contribution in [3.63, 3.8) is 0 Å². The molecule has 0 fully saturated rings. The number of pyridine rings is 1. The Morgan fingerprint density at radius 2 is 2.00 bits per heavy atom. The van der Waals surface area contributed by atoms with Gasteiger partial charge >= 0.3 is 0 Å². The van der Waals surface area contributed by atoms with Gasteiger partial charge in [0.2, 0.25) is 0 Å². The molecule has 0 aliphatic rings. The van der Waals surface area contributed by atoms with Crippen LogP contribution in [0.5, 0.6) is 0 Å². The maximum absolute atomic E-state index is 12.0. The number of hydrogen-bond donors (Lipinski definition) is 2. The molecule has 1 aromatic carbocycles. The molecule has 3 N–H and O–H groups in total. The fraction of sp³-hybridized carbons (Fsp3) is 0.133. The van der Waals surface area contributed by atoms with Crippen molar-refractivity contribution in [2.24, 2.45) is 5.84 Å². The number of thioether (sulfide) groups is 1. The zero-order chi connectivity index (χ0) is 15.7. The predicted molar refractivity (Wildman–Crippen MR) is 87.0 cm³/mol. The number of nitrogens with two attached hydrogens (primary N) is 1. The van der Waals surface area contributed by atoms with Crippen LogP contribution in [0.2, 0.25) is 0 Å². The molecule has 0 saturated carbocycles. The third-order valence-corrected chi connectivity index (χ3v) is 3.92. The molecule has 0 spiro atoms. The molecule has 0 saturated heterocycles. The van der Waals surface area contributed by atoms with Crippen molar-refractivity contribution in [1.82, 2.24) is 20.0 Å². The number of hydrazine groups is 1. The summed E-state index contributed by atoms with van der Waals surface area (Å²) in [6.07, 6.45) is 1.94. The molecular formula is C15H15N5OS. The predicted octanol–water partition coefficient (Wildman–Crippen LogP) is 2.05. The Labute approximate surface area is 131 Å². The first-order chi connectivity index (χ1) is 10.7. The number of hydrogen-bond acceptors (Lipinski definition) is 5. The van der Waals surface area contributed by atoms with Crippen LogP contribution in [-0.4, -0.2) is 26.7 Å². The van der Waals surface area contributed by atoms with Gasteiger partial charge in [-0.2, -0.15) is 0 Å². The van der Waals surface area contributed by atoms with Gasteiger partial charge in [-0.3, -0.25) is 14.8 Å². The lowest BCUT2D eigenvalue weighted by Gasteiger charge is -2.07. The third-order valence-electron chi connectivity index (χ3n) is 3.29. The van der Waals surface area contributed by atoms with Crippen LogP contribution in [-0.2, 0) is 0 Å². The molecule has 1 amide bonds. The van der Waals surface area contributed by atoms with E-state index in [0.29, 0.717) is 16.7 Å². The molecule has 2 aromatic heterocycles. The van der Waals surface area contributed by atoms with Gasteiger partial charge in [-0.25, -0.2) is 15.8 Å². The van der Waals surface area contributed by atoms with E-state index in [2.05, 4.69) is 15.4 Å². The van der Waals surface area contributed by atoms with E-state index in [-0.39, 0.29) is 5.91 Å². The van der Waals surface area contributed by atoms with E-state index in [0.717, 1.165) is 16.5 Å². The van der Waals surface area contributed by atoms with E-state index in [1.54, 1.807) is 6.07 Å². The average Bonchev–Trinajstić information content (AvgIpc) is 2.92. The highest BCUT2D eigenvalue weighted by atomic mass is 32.2. The maximum Gasteiger partial charge on any atom is 0.267 e. The Morgan fingerprint density at radius 3 is 2.64 bits per heavy atom. The third kappa shape index (κ3) is 2.34. The number of nitrogens with one attached hydrogen (secondary N) is 1. The number of carbonyl (C=O) groups is 1. The van der Waals surface area contributed by atoms with Gasteiger partial charge in [0.05, 0.1) is 5.56 Å². The summed E-state index contributed by atoms with van der Waals surface area (Å²) in [7, 11) is 0. The van der Waals surface area contributed by atoms with Gasteiger partial charge in [-0.1, -0.05) is 30.0 Å². The minimum atomic E-state index is -0.374. The summed E-state index contributed by atoms with van der Waals surface area (Å²) in [5.41, 5.74) is 5.46. The lowest BCUT2D eigenvalue weighted by atomic mass is 10.2. The molecule has 0 aliphatic heterocycles. The van der Waals surface area contributed by atoms with Crippen LogP contribution in [0, 0.1) is 6.92 Å². The lowest BCUT2D eigenvalue weighted by Crippen LogP contribution is -2.30. The number of imidazole rings is 1. The first-order valence-corrected chi connectivity index (χ1v) is 7.88. The summed E-state index contributed by atoms with van der Waals surface area (Å²) in [6, 6.07) is 11.5. The molecule has 2 heterocycles. The van der Waals surface area contributed by atoms with Crippen molar-refractivity contribution in [3.05, 3.63) is 47.7 Å². The quantitative estimate of drug-likeness (QED) is 0.334. The number of amides is 1. The van der Waals surface area contributed by atoms with E-state index in [1.165, 1.54) is 11.8 Å². The number of benzene rings is 1. The van der Waals surface area contributed by atoms with E-state index >= 15 is 0 Å². The Hall–Kier alpha value is -2.38. The number of para-hydroxylation sites is 1. The Morgan fingerprint density at radius 1 is 1.27 bits per heavy atom. The van der Waals surface area contributed by atoms with Gasteiger partial charge in [0, 0.05) is 11.4 Å². The Kier molecular flexibility index (Phi) is 3.82. The van der Waals surface area contributed by atoms with Gasteiger partial charge in [0.1, 0.15) is 5.52 Å². The smallest absolute Gasteiger partial charge is 0.267 e. The fourth-order valence-electron chi connectivity index (χ4n) is 2.35. The normalized spacial score (nSPS) is 10.9. The first kappa shape index (κ1) is 14.6. The van der Waals surface area contributed by atoms with Crippen molar-refractivity contribution in [2.75, 3.05) is 6.26 Å². The molecular weight excluding hydrogens is 298 g/mol. The summed E-state index contributed by atoms with van der Waals surface area (Å²) in [6.45, 7) is 1.84. The minimum Gasteiger partial charge on any atom is -0.290 e. The van der Waals surface area contributed by atoms with Crippen molar-refractivity contribution >= 4 is 28.8 Å². The molecule has 0 aliphatic carbocycles. The number of nitrogens with zero attached hydrogens (tertiary/aromatic N) is 3. The summed E-state index contributed by atoms with van der Waals surface area (Å²) >= 11 is 1.50. The minimum absolute atomic E-state index is 0.374. The molecule has 0 atom stereocenters. The number of fused-ring (bicyclic) bond motifs is 1. The highest BCUT2D eigenvalue weighted by Crippen LogP contribution is 2.27. The zero-order valence-corrected chi connectivity index (χ0v) is 13.0. The Balaban J connectivity index is 2.37. The van der Waals surface area contributed by atoms with Gasteiger partial charge in [0.15, 0.2) is 10.8 Å². The molecule has 0 bridgehead atoms. The lowest BCUT2D eigenvalue weighted by molar-refractivity contribution is 0.0955. The average molecular weight is 313 g/mol. The zero-order valence-electron chi connectivity index (χ0n) is 12.2. The molecule has 22 heavy (non-hydrogen) atoms. The number of carbonyl (C=O) groups excluding carboxylic acids is 1. The molecule has 3 rings (SSSR count). The highest BCUT2D eigenvalue weighted by molar-refractivity contribution is 7.98. The summed E-state index contributed by atoms with van der Waals surface area (Å²) in [4.78, 5) is 21.1. The Bertz CT molecular complexity index is 844. The van der Waals surface area contributed by atoms with Gasteiger partial charge in [-0.15, -0.1) is 0 Å². The van der Waals surface area contributed by atoms with Gasteiger partial charge in [0.25, 0.3) is 5.91 Å². The second-order valence-electron chi connectivity index (χ2n) is 4.73. The van der Waals surface area contributed by atoms with Crippen molar-refractivity contribution in [3.8, 4) is 5.69 Å². The monoisotopic (exact) mass is 313 g/mol. The number of nitrogen functional groups attached to an aromatic ring is 1. The molecule has 6 nitrogen and oxygen atoms in total. The summed E-state index contributed by atoms with van der Waals surface area (Å²) in [5.74, 6) is 4.90. The number of aryl methyl sites for hydroxylation is 1. The maximum atomic E-state index is 12.0. The topological polar surface area (TPSA) is 85.8 Å². The largest absolute Gasteiger partial charge is 0.290 e. The van der Waals surface area contributed by atoms with Gasteiger partial charge in [-0.05, 0) is 31.4 Å². The van der Waals surface area contributed by atoms with Gasteiger partial charge < -0.3 is 0 Å². The first-order valence-electron chi connectivity index (χ1n) is 6.66. The van der Waals surface area contributed by atoms with Crippen molar-refractivity contribution in [2.45, 2.75) is 12.1 Å². The van der Waals surface area contributed by atoms with Crippen LogP contribution in [0.25, 0.3) is 16.9 Å². The van der Waals surface area contributed by atoms with E-state index in [9.17, 15) is 4.79 Å². The molecule has 3 aromatic rings. The molecule has 7 heteroatoms. The molecule has 112 valence electrons. The molecule has 0 unspecified atom stereocenters. The van der Waals surface area contributed by atoms with Crippen LogP contribution in [0.3, 0.4) is 0 Å². The van der Waals surface area contributed by atoms with E-state index < -0.39 is 0 Å². The second kappa shape index (κ2) is 5.78. The summed E-state index contributed by atoms with van der Waals surface area (Å²) < 4.78 is 1.94. The van der Waals surface area contributed by atoms with Crippen LogP contribution < -0.4 is 11.3 Å². The van der Waals surface area contributed by atoms with E-state index in [4.69, 9.17) is 5.84 Å². The molecule has 0 radical (unpaired) electrons. The van der Waals surface area contributed by atoms with E-state index in [1.807, 2.05) is 48.1 Å². The standard InChI is InChI=1S/C15H15N5OS/c1-9-8-11(14(21)19-16)12-13(17-9)20(15(18-12)22-2)10-6-4-3-5-7-10/h3-8H,16H2,1-2H3,(H,19,21). The SMILES string of the molecule is CSc1nc2c(C(=O)NN)cc(C)nc2n1-c1ccccc1. The fourth-order valence-corrected chi connectivity index (χ4v) is 2.91. The van der Waals surface area contributed by atoms with Crippen LogP contribution in [0.1, 0.15) is 16.1 Å². The van der Waals surface area contributed by atoms with Crippen LogP contribution >= 0.6 is 11.8 Å².